The molecule has 2 N–H and O–H groups in total. The van der Waals surface area contributed by atoms with E-state index >= 15 is 0 Å². The van der Waals surface area contributed by atoms with Gasteiger partial charge < -0.3 is 15.4 Å². The van der Waals surface area contributed by atoms with Gasteiger partial charge in [-0.15, -0.1) is 0 Å². The maximum Gasteiger partial charge on any atom is 0.337 e. The van der Waals surface area contributed by atoms with Crippen molar-refractivity contribution in [2.75, 3.05) is 7.11 Å². The SMILES string of the molecule is CCC1=C(C(=O)OC)C(c2cccc(Cl)c2)NC(=S)N1. The van der Waals surface area contributed by atoms with Crippen LogP contribution in [0.5, 0.6) is 0 Å². The molecule has 0 fully saturated rings. The first-order chi connectivity index (χ1) is 9.56. The van der Waals surface area contributed by atoms with Crippen molar-refractivity contribution in [2.24, 2.45) is 0 Å². The van der Waals surface area contributed by atoms with Gasteiger partial charge in [0.1, 0.15) is 0 Å². The highest BCUT2D eigenvalue weighted by Crippen LogP contribution is 2.29. The Kier molecular flexibility index (Phi) is 4.62. The minimum Gasteiger partial charge on any atom is -0.466 e. The predicted octanol–water partition coefficient (Wildman–Crippen LogP) is 2.70. The fraction of sp³-hybridized carbons (Fsp3) is 0.286. The standard InChI is InChI=1S/C14H15ClN2O2S/c1-3-10-11(13(18)19-2)12(17-14(20)16-10)8-5-4-6-9(15)7-8/h4-7,12H,3H2,1-2H3,(H2,16,17,20). The van der Waals surface area contributed by atoms with E-state index in [9.17, 15) is 4.79 Å². The maximum absolute atomic E-state index is 12.1. The molecule has 0 spiro atoms. The van der Waals surface area contributed by atoms with Gasteiger partial charge in [-0.05, 0) is 36.3 Å². The fourth-order valence-corrected chi connectivity index (χ4v) is 2.62. The lowest BCUT2D eigenvalue weighted by Crippen LogP contribution is -2.45. The van der Waals surface area contributed by atoms with Gasteiger partial charge in [0.15, 0.2) is 5.11 Å². The minimum absolute atomic E-state index is 0.357. The zero-order valence-electron chi connectivity index (χ0n) is 11.2. The lowest BCUT2D eigenvalue weighted by atomic mass is 9.94. The van der Waals surface area contributed by atoms with E-state index in [1.165, 1.54) is 7.11 Å². The topological polar surface area (TPSA) is 50.4 Å². The molecule has 0 bridgehead atoms. The van der Waals surface area contributed by atoms with Crippen molar-refractivity contribution >= 4 is 34.9 Å². The number of carbonyl (C=O) groups excluding carboxylic acids is 1. The second-order valence-electron chi connectivity index (χ2n) is 4.32. The summed E-state index contributed by atoms with van der Waals surface area (Å²) in [6.07, 6.45) is 0.656. The van der Waals surface area contributed by atoms with Crippen molar-refractivity contribution in [2.45, 2.75) is 19.4 Å². The number of nitrogens with one attached hydrogen (secondary N) is 2. The van der Waals surface area contributed by atoms with Crippen molar-refractivity contribution < 1.29 is 9.53 Å². The lowest BCUT2D eigenvalue weighted by Gasteiger charge is -2.30. The molecule has 106 valence electrons. The number of carbonyl (C=O) groups is 1. The monoisotopic (exact) mass is 310 g/mol. The Hall–Kier alpha value is -1.59. The molecule has 1 unspecified atom stereocenters. The maximum atomic E-state index is 12.1. The second kappa shape index (κ2) is 6.24. The van der Waals surface area contributed by atoms with Crippen LogP contribution in [-0.2, 0) is 9.53 Å². The summed E-state index contributed by atoms with van der Waals surface area (Å²) in [5, 5.41) is 7.20. The van der Waals surface area contributed by atoms with Gasteiger partial charge in [-0.25, -0.2) is 4.79 Å². The molecule has 0 saturated carbocycles. The molecule has 2 rings (SSSR count). The van der Waals surface area contributed by atoms with Crippen molar-refractivity contribution in [3.05, 3.63) is 46.1 Å². The zero-order valence-corrected chi connectivity index (χ0v) is 12.8. The third-order valence-electron chi connectivity index (χ3n) is 3.09. The van der Waals surface area contributed by atoms with Crippen LogP contribution in [-0.4, -0.2) is 18.2 Å². The van der Waals surface area contributed by atoms with E-state index in [0.717, 1.165) is 11.3 Å². The molecule has 0 aromatic heterocycles. The highest BCUT2D eigenvalue weighted by Gasteiger charge is 2.31. The minimum atomic E-state index is -0.380. The van der Waals surface area contributed by atoms with E-state index in [1.807, 2.05) is 25.1 Å². The molecule has 6 heteroatoms. The molecule has 1 aromatic rings. The molecule has 20 heavy (non-hydrogen) atoms. The number of benzene rings is 1. The summed E-state index contributed by atoms with van der Waals surface area (Å²) in [5.41, 5.74) is 2.17. The Morgan fingerprint density at radius 2 is 2.25 bits per heavy atom. The Bertz CT molecular complexity index is 586. The van der Waals surface area contributed by atoms with Crippen LogP contribution in [0.25, 0.3) is 0 Å². The van der Waals surface area contributed by atoms with Crippen LogP contribution in [0.2, 0.25) is 5.02 Å². The molecule has 1 aliphatic rings. The van der Waals surface area contributed by atoms with Gasteiger partial charge in [0.25, 0.3) is 0 Å². The normalized spacial score (nSPS) is 18.4. The summed E-state index contributed by atoms with van der Waals surface area (Å²) in [6.45, 7) is 1.95. The van der Waals surface area contributed by atoms with E-state index in [2.05, 4.69) is 10.6 Å². The summed E-state index contributed by atoms with van der Waals surface area (Å²) in [7, 11) is 1.37. The molecule has 1 aromatic carbocycles. The Labute approximate surface area is 128 Å². The van der Waals surface area contributed by atoms with Crippen molar-refractivity contribution in [3.8, 4) is 0 Å². The number of methoxy groups -OCH3 is 1. The Morgan fingerprint density at radius 3 is 2.85 bits per heavy atom. The van der Waals surface area contributed by atoms with Crippen LogP contribution in [0.3, 0.4) is 0 Å². The second-order valence-corrected chi connectivity index (χ2v) is 5.17. The summed E-state index contributed by atoms with van der Waals surface area (Å²) in [5.74, 6) is -0.380. The average Bonchev–Trinajstić information content (AvgIpc) is 2.45. The number of hydrogen-bond donors (Lipinski definition) is 2. The van der Waals surface area contributed by atoms with Crippen LogP contribution >= 0.6 is 23.8 Å². The van der Waals surface area contributed by atoms with Crippen LogP contribution in [0.4, 0.5) is 0 Å². The number of rotatable bonds is 3. The lowest BCUT2D eigenvalue weighted by molar-refractivity contribution is -0.136. The third-order valence-corrected chi connectivity index (χ3v) is 3.55. The van der Waals surface area contributed by atoms with Gasteiger partial charge in [0.2, 0.25) is 0 Å². The first kappa shape index (κ1) is 14.8. The van der Waals surface area contributed by atoms with E-state index in [0.29, 0.717) is 22.1 Å². The number of thiocarbonyl (C=S) groups is 1. The van der Waals surface area contributed by atoms with E-state index in [-0.39, 0.29) is 12.0 Å². The average molecular weight is 311 g/mol. The van der Waals surface area contributed by atoms with Crippen molar-refractivity contribution in [1.29, 1.82) is 0 Å². The summed E-state index contributed by atoms with van der Waals surface area (Å²) in [6, 6.07) is 6.97. The van der Waals surface area contributed by atoms with Gasteiger partial charge in [-0.3, -0.25) is 0 Å². The van der Waals surface area contributed by atoms with Gasteiger partial charge in [0, 0.05) is 10.7 Å². The highest BCUT2D eigenvalue weighted by atomic mass is 35.5. The van der Waals surface area contributed by atoms with Crippen molar-refractivity contribution in [1.82, 2.24) is 10.6 Å². The molecule has 4 nitrogen and oxygen atoms in total. The van der Waals surface area contributed by atoms with Gasteiger partial charge >= 0.3 is 5.97 Å². The molecule has 0 aliphatic carbocycles. The highest BCUT2D eigenvalue weighted by molar-refractivity contribution is 7.80. The van der Waals surface area contributed by atoms with Crippen LogP contribution in [0.1, 0.15) is 24.9 Å². The van der Waals surface area contributed by atoms with Crippen LogP contribution < -0.4 is 10.6 Å². The van der Waals surface area contributed by atoms with E-state index in [4.69, 9.17) is 28.6 Å². The first-order valence-electron chi connectivity index (χ1n) is 6.21. The van der Waals surface area contributed by atoms with Crippen molar-refractivity contribution in [3.63, 3.8) is 0 Å². The first-order valence-corrected chi connectivity index (χ1v) is 6.99. The summed E-state index contributed by atoms with van der Waals surface area (Å²) < 4.78 is 4.89. The number of allylic oxidation sites excluding steroid dienone is 1. The number of hydrogen-bond acceptors (Lipinski definition) is 3. The molecule has 1 heterocycles. The largest absolute Gasteiger partial charge is 0.466 e. The zero-order chi connectivity index (χ0) is 14.7. The summed E-state index contributed by atoms with van der Waals surface area (Å²) in [4.78, 5) is 12.1. The number of ether oxygens (including phenoxy) is 1. The molecular weight excluding hydrogens is 296 g/mol. The number of esters is 1. The van der Waals surface area contributed by atoms with Gasteiger partial charge in [-0.2, -0.15) is 0 Å². The fourth-order valence-electron chi connectivity index (χ4n) is 2.18. The number of halogens is 1. The van der Waals surface area contributed by atoms with Crippen LogP contribution in [0.15, 0.2) is 35.5 Å². The quantitative estimate of drug-likeness (QED) is 0.664. The molecule has 0 saturated heterocycles. The predicted molar refractivity (Wildman–Crippen MR) is 82.4 cm³/mol. The molecule has 0 amide bonds. The van der Waals surface area contributed by atoms with E-state index < -0.39 is 0 Å². The summed E-state index contributed by atoms with van der Waals surface area (Å²) >= 11 is 11.2. The molecule has 1 aliphatic heterocycles. The Morgan fingerprint density at radius 1 is 1.50 bits per heavy atom. The smallest absolute Gasteiger partial charge is 0.337 e. The molecule has 1 atom stereocenters. The van der Waals surface area contributed by atoms with E-state index in [1.54, 1.807) is 6.07 Å². The Balaban J connectivity index is 2.53. The molecule has 0 radical (unpaired) electrons. The third kappa shape index (κ3) is 2.94. The van der Waals surface area contributed by atoms with Gasteiger partial charge in [-0.1, -0.05) is 30.7 Å². The molecular formula is C14H15ClN2O2S. The van der Waals surface area contributed by atoms with Crippen LogP contribution in [0, 0.1) is 0 Å². The van der Waals surface area contributed by atoms with Gasteiger partial charge in [0.05, 0.1) is 18.7 Å².